The van der Waals surface area contributed by atoms with Crippen LogP contribution >= 0.6 is 0 Å². The highest BCUT2D eigenvalue weighted by Crippen LogP contribution is 2.31. The van der Waals surface area contributed by atoms with Gasteiger partial charge in [-0.3, -0.25) is 9.48 Å². The monoisotopic (exact) mass is 319 g/mol. The van der Waals surface area contributed by atoms with Crippen molar-refractivity contribution in [1.82, 2.24) is 14.7 Å². The second-order valence-electron chi connectivity index (χ2n) is 5.91. The van der Waals surface area contributed by atoms with Crippen LogP contribution in [0.2, 0.25) is 0 Å². The van der Waals surface area contributed by atoms with Gasteiger partial charge in [0, 0.05) is 25.4 Å². The molecule has 0 unspecified atom stereocenters. The molecule has 0 bridgehead atoms. The fraction of sp³-hybridized carbons (Fsp3) is 0.412. The zero-order valence-corrected chi connectivity index (χ0v) is 13.0. The second-order valence-corrected chi connectivity index (χ2v) is 5.91. The summed E-state index contributed by atoms with van der Waals surface area (Å²) in [5.41, 5.74) is 0.433. The summed E-state index contributed by atoms with van der Waals surface area (Å²) in [5.74, 6) is -2.22. The van der Waals surface area contributed by atoms with Gasteiger partial charge in [-0.05, 0) is 25.0 Å². The van der Waals surface area contributed by atoms with Gasteiger partial charge < -0.3 is 4.90 Å². The van der Waals surface area contributed by atoms with E-state index in [-0.39, 0.29) is 6.04 Å². The van der Waals surface area contributed by atoms with Crippen molar-refractivity contribution in [3.05, 3.63) is 53.4 Å². The number of likely N-dealkylation sites (tertiary alicyclic amines) is 1. The van der Waals surface area contributed by atoms with Crippen molar-refractivity contribution >= 4 is 5.91 Å². The van der Waals surface area contributed by atoms with Gasteiger partial charge in [0.25, 0.3) is 5.91 Å². The van der Waals surface area contributed by atoms with Crippen molar-refractivity contribution in [3.8, 4) is 0 Å². The molecule has 1 aromatic heterocycles. The number of amides is 1. The molecule has 122 valence electrons. The maximum absolute atomic E-state index is 14.0. The van der Waals surface area contributed by atoms with E-state index in [2.05, 4.69) is 5.10 Å². The Bertz CT molecular complexity index is 693. The van der Waals surface area contributed by atoms with Crippen LogP contribution in [0.3, 0.4) is 0 Å². The first-order valence-corrected chi connectivity index (χ1v) is 7.81. The Kier molecular flexibility index (Phi) is 4.41. The van der Waals surface area contributed by atoms with Gasteiger partial charge in [-0.1, -0.05) is 18.9 Å². The summed E-state index contributed by atoms with van der Waals surface area (Å²) in [5, 5.41) is 4.15. The molecule has 1 aliphatic heterocycles. The molecule has 0 saturated carbocycles. The van der Waals surface area contributed by atoms with Gasteiger partial charge in [0.2, 0.25) is 0 Å². The zero-order valence-electron chi connectivity index (χ0n) is 13.0. The average Bonchev–Trinajstić information content (AvgIpc) is 2.80. The summed E-state index contributed by atoms with van der Waals surface area (Å²) < 4.78 is 29.6. The van der Waals surface area contributed by atoms with Crippen molar-refractivity contribution in [2.45, 2.75) is 31.7 Å². The van der Waals surface area contributed by atoms with E-state index >= 15 is 0 Å². The lowest BCUT2D eigenvalue weighted by molar-refractivity contribution is 0.0671. The van der Waals surface area contributed by atoms with E-state index in [1.54, 1.807) is 15.8 Å². The number of halogens is 2. The van der Waals surface area contributed by atoms with Crippen LogP contribution in [0.25, 0.3) is 0 Å². The third-order valence-electron chi connectivity index (χ3n) is 4.30. The fourth-order valence-corrected chi connectivity index (χ4v) is 3.16. The fourth-order valence-electron chi connectivity index (χ4n) is 3.16. The molecular formula is C17H19F2N3O. The Hall–Kier alpha value is -2.24. The van der Waals surface area contributed by atoms with Crippen molar-refractivity contribution < 1.29 is 13.6 Å². The molecule has 4 nitrogen and oxygen atoms in total. The summed E-state index contributed by atoms with van der Waals surface area (Å²) in [4.78, 5) is 14.4. The van der Waals surface area contributed by atoms with Crippen LogP contribution < -0.4 is 0 Å². The minimum atomic E-state index is -0.816. The largest absolute Gasteiger partial charge is 0.331 e. The highest BCUT2D eigenvalue weighted by Gasteiger charge is 2.31. The van der Waals surface area contributed by atoms with Crippen LogP contribution in [-0.2, 0) is 7.05 Å². The molecule has 1 aromatic carbocycles. The molecule has 1 aliphatic rings. The summed E-state index contributed by atoms with van der Waals surface area (Å²) in [6.07, 6.45) is 7.15. The van der Waals surface area contributed by atoms with Crippen LogP contribution in [0, 0.1) is 11.6 Å². The minimum Gasteiger partial charge on any atom is -0.331 e. The Morgan fingerprint density at radius 3 is 2.61 bits per heavy atom. The van der Waals surface area contributed by atoms with Crippen molar-refractivity contribution in [2.75, 3.05) is 6.54 Å². The van der Waals surface area contributed by atoms with Gasteiger partial charge in [-0.2, -0.15) is 5.10 Å². The molecule has 1 saturated heterocycles. The highest BCUT2D eigenvalue weighted by atomic mass is 19.1. The average molecular weight is 319 g/mol. The van der Waals surface area contributed by atoms with E-state index < -0.39 is 23.1 Å². The Balaban J connectivity index is 1.98. The lowest BCUT2D eigenvalue weighted by Gasteiger charge is -2.29. The van der Waals surface area contributed by atoms with E-state index in [1.165, 1.54) is 6.07 Å². The summed E-state index contributed by atoms with van der Waals surface area (Å²) in [6.45, 7) is 0.492. The predicted molar refractivity (Wildman–Crippen MR) is 81.8 cm³/mol. The highest BCUT2D eigenvalue weighted by molar-refractivity contribution is 5.95. The van der Waals surface area contributed by atoms with E-state index in [9.17, 15) is 13.6 Å². The number of aromatic nitrogens is 2. The molecule has 6 heteroatoms. The summed E-state index contributed by atoms with van der Waals surface area (Å²) in [6, 6.07) is 3.31. The maximum Gasteiger partial charge on any atom is 0.260 e. The minimum absolute atomic E-state index is 0.197. The van der Waals surface area contributed by atoms with Gasteiger partial charge in [0.15, 0.2) is 0 Å². The first-order valence-electron chi connectivity index (χ1n) is 7.81. The molecule has 0 radical (unpaired) electrons. The molecular weight excluding hydrogens is 300 g/mol. The molecule has 23 heavy (non-hydrogen) atoms. The number of aryl methyl sites for hydroxylation is 1. The topological polar surface area (TPSA) is 38.1 Å². The van der Waals surface area contributed by atoms with Crippen LogP contribution in [-0.4, -0.2) is 27.1 Å². The number of rotatable bonds is 2. The molecule has 1 amide bonds. The lowest BCUT2D eigenvalue weighted by Crippen LogP contribution is -2.35. The number of nitrogens with zero attached hydrogens (tertiary/aromatic N) is 3. The smallest absolute Gasteiger partial charge is 0.260 e. The van der Waals surface area contributed by atoms with Crippen molar-refractivity contribution in [3.63, 3.8) is 0 Å². The summed E-state index contributed by atoms with van der Waals surface area (Å²) in [7, 11) is 1.81. The molecule has 1 atom stereocenters. The standard InChI is InChI=1S/C17H19F2N3O/c1-21-11-12(10-20-21)15-8-3-2-4-9-22(15)17(23)16-13(18)6-5-7-14(16)19/h5-7,10-11,15H,2-4,8-9H2,1H3/t15-/m0/s1. The number of benzene rings is 1. The van der Waals surface area contributed by atoms with E-state index in [0.717, 1.165) is 43.4 Å². The predicted octanol–water partition coefficient (Wildman–Crippen LogP) is 3.46. The van der Waals surface area contributed by atoms with Crippen molar-refractivity contribution in [2.24, 2.45) is 7.05 Å². The first-order chi connectivity index (χ1) is 11.1. The Morgan fingerprint density at radius 2 is 1.96 bits per heavy atom. The number of hydrogen-bond donors (Lipinski definition) is 0. The molecule has 3 rings (SSSR count). The second kappa shape index (κ2) is 6.48. The SMILES string of the molecule is Cn1cc([C@@H]2CCCCCN2C(=O)c2c(F)cccc2F)cn1. The summed E-state index contributed by atoms with van der Waals surface area (Å²) >= 11 is 0. The van der Waals surface area contributed by atoms with Gasteiger partial charge in [-0.15, -0.1) is 0 Å². The van der Waals surface area contributed by atoms with Gasteiger partial charge in [0.1, 0.15) is 17.2 Å². The van der Waals surface area contributed by atoms with E-state index in [1.807, 2.05) is 13.2 Å². The normalized spacial score (nSPS) is 18.7. The Morgan fingerprint density at radius 1 is 1.22 bits per heavy atom. The molecule has 0 spiro atoms. The van der Waals surface area contributed by atoms with E-state index in [0.29, 0.717) is 6.54 Å². The quantitative estimate of drug-likeness (QED) is 0.850. The first kappa shape index (κ1) is 15.6. The lowest BCUT2D eigenvalue weighted by atomic mass is 10.0. The van der Waals surface area contributed by atoms with Crippen LogP contribution in [0.5, 0.6) is 0 Å². The number of carbonyl (C=O) groups is 1. The molecule has 1 fully saturated rings. The third-order valence-corrected chi connectivity index (χ3v) is 4.30. The third kappa shape index (κ3) is 3.11. The maximum atomic E-state index is 14.0. The van der Waals surface area contributed by atoms with Gasteiger partial charge in [0.05, 0.1) is 12.2 Å². The number of hydrogen-bond acceptors (Lipinski definition) is 2. The van der Waals surface area contributed by atoms with Gasteiger partial charge >= 0.3 is 0 Å². The van der Waals surface area contributed by atoms with Crippen LogP contribution in [0.1, 0.15) is 47.6 Å². The molecule has 2 aromatic rings. The van der Waals surface area contributed by atoms with Crippen LogP contribution in [0.15, 0.2) is 30.6 Å². The number of carbonyl (C=O) groups excluding carboxylic acids is 1. The van der Waals surface area contributed by atoms with Crippen LogP contribution in [0.4, 0.5) is 8.78 Å². The molecule has 0 aliphatic carbocycles. The van der Waals surface area contributed by atoms with Gasteiger partial charge in [-0.25, -0.2) is 8.78 Å². The van der Waals surface area contributed by atoms with Crippen molar-refractivity contribution in [1.29, 1.82) is 0 Å². The molecule has 2 heterocycles. The zero-order chi connectivity index (χ0) is 16.4. The molecule has 0 N–H and O–H groups in total. The Labute approximate surface area is 133 Å². The van der Waals surface area contributed by atoms with E-state index in [4.69, 9.17) is 0 Å².